The number of aliphatic hydroxyl groups excluding tert-OH is 1. The summed E-state index contributed by atoms with van der Waals surface area (Å²) in [6.07, 6.45) is 4.92. The van der Waals surface area contributed by atoms with Crippen LogP contribution in [0.3, 0.4) is 0 Å². The van der Waals surface area contributed by atoms with Crippen LogP contribution in [0.15, 0.2) is 42.5 Å². The summed E-state index contributed by atoms with van der Waals surface area (Å²) in [6.45, 7) is 4.52. The molecular formula is C29H37NO5. The van der Waals surface area contributed by atoms with Gasteiger partial charge in [-0.05, 0) is 61.9 Å². The molecule has 4 aliphatic rings. The molecule has 0 bridgehead atoms. The number of fused-ring (bicyclic) bond motifs is 4. The smallest absolute Gasteiger partial charge is 0.310 e. The topological polar surface area (TPSA) is 71.5 Å². The molecule has 1 spiro atoms. The molecule has 6 nitrogen and oxygen atoms in total. The molecule has 0 radical (unpaired) electrons. The molecule has 4 fully saturated rings. The number of ether oxygens (including phenoxy) is 3. The molecule has 0 aromatic heterocycles. The van der Waals surface area contributed by atoms with E-state index in [1.165, 1.54) is 12.8 Å². The number of likely N-dealkylation sites (N-methyl/N-ethyl adjacent to an activating group) is 1. The molecule has 2 aromatic rings. The van der Waals surface area contributed by atoms with E-state index in [4.69, 9.17) is 14.2 Å². The number of hydrogen-bond acceptors (Lipinski definition) is 6. The number of rotatable bonds is 7. The van der Waals surface area contributed by atoms with Crippen LogP contribution in [0.1, 0.15) is 39.0 Å². The van der Waals surface area contributed by atoms with Gasteiger partial charge in [0.05, 0.1) is 18.1 Å². The van der Waals surface area contributed by atoms with Crippen molar-refractivity contribution in [1.82, 2.24) is 4.90 Å². The van der Waals surface area contributed by atoms with Crippen molar-refractivity contribution in [3.05, 3.63) is 42.5 Å². The van der Waals surface area contributed by atoms with Gasteiger partial charge in [0.1, 0.15) is 24.6 Å². The maximum atomic E-state index is 12.9. The quantitative estimate of drug-likeness (QED) is 0.477. The van der Waals surface area contributed by atoms with Crippen molar-refractivity contribution < 1.29 is 24.1 Å². The molecule has 6 heteroatoms. The highest BCUT2D eigenvalue weighted by atomic mass is 16.6. The number of hydrogen-bond donors (Lipinski definition) is 1. The predicted octanol–water partition coefficient (Wildman–Crippen LogP) is 4.04. The second kappa shape index (κ2) is 8.75. The highest BCUT2D eigenvalue weighted by Gasteiger charge is 2.65. The van der Waals surface area contributed by atoms with E-state index in [0.29, 0.717) is 19.0 Å². The first-order chi connectivity index (χ1) is 16.9. The monoisotopic (exact) mass is 479 g/mol. The summed E-state index contributed by atoms with van der Waals surface area (Å²) >= 11 is 0. The van der Waals surface area contributed by atoms with E-state index >= 15 is 0 Å². The summed E-state index contributed by atoms with van der Waals surface area (Å²) in [5.41, 5.74) is 0.279. The van der Waals surface area contributed by atoms with E-state index in [1.54, 1.807) is 0 Å². The van der Waals surface area contributed by atoms with Crippen LogP contribution in [-0.4, -0.2) is 67.1 Å². The van der Waals surface area contributed by atoms with E-state index in [-0.39, 0.29) is 41.5 Å². The third-order valence-corrected chi connectivity index (χ3v) is 9.29. The molecule has 0 amide bonds. The first-order valence-electron chi connectivity index (χ1n) is 13.2. The number of benzene rings is 2. The van der Waals surface area contributed by atoms with Crippen LogP contribution in [0.4, 0.5) is 0 Å². The minimum Gasteiger partial charge on any atom is -0.490 e. The van der Waals surface area contributed by atoms with E-state index in [9.17, 15) is 9.90 Å². The van der Waals surface area contributed by atoms with Gasteiger partial charge < -0.3 is 24.2 Å². The van der Waals surface area contributed by atoms with Gasteiger partial charge in [-0.25, -0.2) is 0 Å². The van der Waals surface area contributed by atoms with Gasteiger partial charge in [0.15, 0.2) is 0 Å². The van der Waals surface area contributed by atoms with E-state index in [2.05, 4.69) is 24.0 Å². The number of carbonyl (C=O) groups is 1. The Morgan fingerprint density at radius 1 is 1.20 bits per heavy atom. The Morgan fingerprint density at radius 3 is 2.83 bits per heavy atom. The molecule has 2 unspecified atom stereocenters. The minimum atomic E-state index is -0.650. The highest BCUT2D eigenvalue weighted by Crippen LogP contribution is 2.62. The van der Waals surface area contributed by atoms with Gasteiger partial charge in [0.25, 0.3) is 0 Å². The zero-order valence-electron chi connectivity index (χ0n) is 20.8. The molecule has 2 heterocycles. The Morgan fingerprint density at radius 2 is 2.00 bits per heavy atom. The van der Waals surface area contributed by atoms with Crippen LogP contribution in [-0.2, 0) is 14.3 Å². The number of epoxide rings is 1. The SMILES string of the molecule is CN(CC(O)COc1cccc2ccccc12)CC1C(=O)O[C@@H]2C[C@@]3(C)CCC[C@]4(CO4)[C@@H]3C[C@H]12. The summed E-state index contributed by atoms with van der Waals surface area (Å²) in [5, 5.41) is 12.8. The molecule has 7 atom stereocenters. The fraction of sp³-hybridized carbons (Fsp3) is 0.621. The lowest BCUT2D eigenvalue weighted by molar-refractivity contribution is -0.147. The molecule has 188 valence electrons. The van der Waals surface area contributed by atoms with Gasteiger partial charge >= 0.3 is 5.97 Å². The van der Waals surface area contributed by atoms with Gasteiger partial charge in [-0.1, -0.05) is 43.3 Å². The van der Waals surface area contributed by atoms with E-state index < -0.39 is 6.10 Å². The van der Waals surface area contributed by atoms with Gasteiger partial charge in [-0.2, -0.15) is 0 Å². The third-order valence-electron chi connectivity index (χ3n) is 9.29. The summed E-state index contributed by atoms with van der Waals surface area (Å²) in [6, 6.07) is 14.0. The lowest BCUT2D eigenvalue weighted by Gasteiger charge is -2.51. The third kappa shape index (κ3) is 4.24. The lowest BCUT2D eigenvalue weighted by atomic mass is 9.53. The molecular weight excluding hydrogens is 442 g/mol. The average molecular weight is 480 g/mol. The van der Waals surface area contributed by atoms with Crippen molar-refractivity contribution in [2.24, 2.45) is 23.2 Å². The fourth-order valence-electron chi connectivity index (χ4n) is 7.50. The van der Waals surface area contributed by atoms with Crippen molar-refractivity contribution in [3.63, 3.8) is 0 Å². The number of nitrogens with zero attached hydrogens (tertiary/aromatic N) is 1. The average Bonchev–Trinajstić information content (AvgIpc) is 3.54. The van der Waals surface area contributed by atoms with Crippen LogP contribution in [0.5, 0.6) is 5.75 Å². The normalized spacial score (nSPS) is 36.6. The Bertz CT molecular complexity index is 1090. The summed E-state index contributed by atoms with van der Waals surface area (Å²) < 4.78 is 17.9. The van der Waals surface area contributed by atoms with Crippen LogP contribution >= 0.6 is 0 Å². The van der Waals surface area contributed by atoms with Crippen LogP contribution in [0.2, 0.25) is 0 Å². The van der Waals surface area contributed by atoms with Crippen molar-refractivity contribution in [2.75, 3.05) is 33.4 Å². The van der Waals surface area contributed by atoms with Crippen molar-refractivity contribution >= 4 is 16.7 Å². The fourth-order valence-corrected chi connectivity index (χ4v) is 7.50. The molecule has 35 heavy (non-hydrogen) atoms. The van der Waals surface area contributed by atoms with Crippen molar-refractivity contribution in [1.29, 1.82) is 0 Å². The maximum Gasteiger partial charge on any atom is 0.310 e. The van der Waals surface area contributed by atoms with Crippen LogP contribution in [0.25, 0.3) is 10.8 Å². The van der Waals surface area contributed by atoms with Gasteiger partial charge in [0, 0.05) is 24.4 Å². The first-order valence-corrected chi connectivity index (χ1v) is 13.2. The summed E-state index contributed by atoms with van der Waals surface area (Å²) in [5.74, 6) is 1.33. The molecule has 2 aliphatic carbocycles. The van der Waals surface area contributed by atoms with Gasteiger partial charge in [0.2, 0.25) is 0 Å². The van der Waals surface area contributed by atoms with Crippen LogP contribution < -0.4 is 4.74 Å². The molecule has 2 aromatic carbocycles. The van der Waals surface area contributed by atoms with E-state index in [0.717, 1.165) is 42.4 Å². The molecule has 2 saturated heterocycles. The van der Waals surface area contributed by atoms with Crippen molar-refractivity contribution in [3.8, 4) is 5.75 Å². The second-order valence-electron chi connectivity index (χ2n) is 11.8. The van der Waals surface area contributed by atoms with Gasteiger partial charge in [-0.3, -0.25) is 4.79 Å². The zero-order valence-corrected chi connectivity index (χ0v) is 20.8. The molecule has 2 saturated carbocycles. The molecule has 6 rings (SSSR count). The minimum absolute atomic E-state index is 0.0238. The highest BCUT2D eigenvalue weighted by molar-refractivity contribution is 5.88. The Kier molecular flexibility index (Phi) is 5.82. The largest absolute Gasteiger partial charge is 0.490 e. The van der Waals surface area contributed by atoms with E-state index in [1.807, 2.05) is 37.4 Å². The predicted molar refractivity (Wildman–Crippen MR) is 133 cm³/mol. The number of aliphatic hydroxyl groups is 1. The summed E-state index contributed by atoms with van der Waals surface area (Å²) in [7, 11) is 1.97. The molecule has 2 aliphatic heterocycles. The Labute approximate surface area is 207 Å². The van der Waals surface area contributed by atoms with Gasteiger partial charge in [-0.15, -0.1) is 0 Å². The van der Waals surface area contributed by atoms with Crippen molar-refractivity contribution in [2.45, 2.75) is 56.8 Å². The first kappa shape index (κ1) is 23.3. The summed E-state index contributed by atoms with van der Waals surface area (Å²) in [4.78, 5) is 15.0. The van der Waals surface area contributed by atoms with Crippen LogP contribution in [0, 0.1) is 23.2 Å². The lowest BCUT2D eigenvalue weighted by Crippen LogP contribution is -2.51. The standard InChI is InChI=1S/C29H37NO5/c1-28-11-6-12-29(18-34-29)26(28)13-22-23(27(32)35-25(22)14-28)16-30(2)15-20(31)17-33-24-10-5-8-19-7-3-4-9-21(19)24/h3-5,7-10,20,22-23,25-26,31H,6,11-18H2,1-2H3/t20?,22-,23?,25-,26-,28-,29+/m1/s1. The number of esters is 1. The number of carbonyl (C=O) groups excluding carboxylic acids is 1. The second-order valence-corrected chi connectivity index (χ2v) is 11.8. The Balaban J connectivity index is 1.06. The Hall–Kier alpha value is -2.15. The maximum absolute atomic E-state index is 12.9. The zero-order chi connectivity index (χ0) is 24.2. The molecule has 1 N–H and O–H groups in total.